The van der Waals surface area contributed by atoms with Crippen molar-refractivity contribution in [2.45, 2.75) is 12.1 Å². The first-order valence-corrected chi connectivity index (χ1v) is 7.55. The van der Waals surface area contributed by atoms with Gasteiger partial charge in [-0.3, -0.25) is 0 Å². The van der Waals surface area contributed by atoms with Crippen LogP contribution in [0.4, 0.5) is 4.39 Å². The SMILES string of the molecule is COc1ccc(C(O)(Cn2cncn2)c2ccc(F)cc2)c(Cl)c1. The molecule has 0 aliphatic heterocycles. The Morgan fingerprint density at radius 1 is 1.25 bits per heavy atom. The third-order valence-corrected chi connectivity index (χ3v) is 4.11. The summed E-state index contributed by atoms with van der Waals surface area (Å²) >= 11 is 6.35. The fraction of sp³-hybridized carbons (Fsp3) is 0.176. The molecule has 0 radical (unpaired) electrons. The van der Waals surface area contributed by atoms with E-state index < -0.39 is 5.60 Å². The van der Waals surface area contributed by atoms with Crippen molar-refractivity contribution in [3.05, 3.63) is 77.1 Å². The summed E-state index contributed by atoms with van der Waals surface area (Å²) in [4.78, 5) is 3.89. The van der Waals surface area contributed by atoms with E-state index in [2.05, 4.69) is 10.1 Å². The summed E-state index contributed by atoms with van der Waals surface area (Å²) in [6, 6.07) is 10.6. The van der Waals surface area contributed by atoms with Crippen LogP contribution in [0.3, 0.4) is 0 Å². The van der Waals surface area contributed by atoms with E-state index in [9.17, 15) is 9.50 Å². The van der Waals surface area contributed by atoms with Crippen LogP contribution in [0.2, 0.25) is 5.02 Å². The van der Waals surface area contributed by atoms with Gasteiger partial charge in [-0.15, -0.1) is 0 Å². The number of aromatic nitrogens is 3. The maximum Gasteiger partial charge on any atom is 0.137 e. The Hall–Kier alpha value is -2.44. The average Bonchev–Trinajstić information content (AvgIpc) is 3.07. The number of hydrogen-bond acceptors (Lipinski definition) is 4. The lowest BCUT2D eigenvalue weighted by molar-refractivity contribution is 0.0572. The number of nitrogens with zero attached hydrogens (tertiary/aromatic N) is 3. The summed E-state index contributed by atoms with van der Waals surface area (Å²) in [6.45, 7) is 0.0741. The Morgan fingerprint density at radius 2 is 2.00 bits per heavy atom. The molecule has 0 aliphatic carbocycles. The van der Waals surface area contributed by atoms with Crippen LogP contribution in [-0.2, 0) is 12.1 Å². The molecule has 0 saturated heterocycles. The largest absolute Gasteiger partial charge is 0.497 e. The van der Waals surface area contributed by atoms with E-state index in [0.717, 1.165) is 0 Å². The van der Waals surface area contributed by atoms with Crippen LogP contribution in [0.1, 0.15) is 11.1 Å². The van der Waals surface area contributed by atoms with Crippen molar-refractivity contribution in [2.75, 3.05) is 7.11 Å². The lowest BCUT2D eigenvalue weighted by atomic mass is 9.86. The van der Waals surface area contributed by atoms with Gasteiger partial charge < -0.3 is 9.84 Å². The summed E-state index contributed by atoms with van der Waals surface area (Å²) in [7, 11) is 1.53. The van der Waals surface area contributed by atoms with E-state index in [-0.39, 0.29) is 12.4 Å². The van der Waals surface area contributed by atoms with Crippen molar-refractivity contribution in [1.82, 2.24) is 14.8 Å². The zero-order valence-corrected chi connectivity index (χ0v) is 13.6. The minimum Gasteiger partial charge on any atom is -0.497 e. The Labute approximate surface area is 143 Å². The highest BCUT2D eigenvalue weighted by atomic mass is 35.5. The number of aliphatic hydroxyl groups is 1. The quantitative estimate of drug-likeness (QED) is 0.770. The lowest BCUT2D eigenvalue weighted by Gasteiger charge is -2.30. The molecule has 0 aliphatic rings. The smallest absolute Gasteiger partial charge is 0.137 e. The Morgan fingerprint density at radius 3 is 2.58 bits per heavy atom. The fourth-order valence-electron chi connectivity index (χ4n) is 2.56. The second kappa shape index (κ2) is 6.59. The number of hydrogen-bond donors (Lipinski definition) is 1. The lowest BCUT2D eigenvalue weighted by Crippen LogP contribution is -2.33. The van der Waals surface area contributed by atoms with Crippen LogP contribution >= 0.6 is 11.6 Å². The maximum absolute atomic E-state index is 13.3. The molecule has 3 rings (SSSR count). The summed E-state index contributed by atoms with van der Waals surface area (Å²) in [5.74, 6) is 0.189. The number of rotatable bonds is 5. The van der Waals surface area contributed by atoms with Crippen molar-refractivity contribution < 1.29 is 14.2 Å². The van der Waals surface area contributed by atoms with Gasteiger partial charge in [0.2, 0.25) is 0 Å². The molecule has 0 spiro atoms. The molecule has 0 amide bonds. The van der Waals surface area contributed by atoms with Gasteiger partial charge in [0.05, 0.1) is 18.7 Å². The van der Waals surface area contributed by atoms with Gasteiger partial charge >= 0.3 is 0 Å². The van der Waals surface area contributed by atoms with Crippen LogP contribution in [0.5, 0.6) is 5.75 Å². The molecule has 1 heterocycles. The third-order valence-electron chi connectivity index (χ3n) is 3.80. The van der Waals surface area contributed by atoms with Gasteiger partial charge in [-0.1, -0.05) is 29.8 Å². The molecule has 7 heteroatoms. The minimum atomic E-state index is -1.51. The molecule has 1 unspecified atom stereocenters. The van der Waals surface area contributed by atoms with Gasteiger partial charge in [0.15, 0.2) is 0 Å². The predicted molar refractivity (Wildman–Crippen MR) is 87.4 cm³/mol. The van der Waals surface area contributed by atoms with Crippen molar-refractivity contribution >= 4 is 11.6 Å². The topological polar surface area (TPSA) is 60.2 Å². The maximum atomic E-state index is 13.3. The van der Waals surface area contributed by atoms with E-state index in [4.69, 9.17) is 16.3 Å². The molecule has 0 fully saturated rings. The Bertz CT molecular complexity index is 824. The van der Waals surface area contributed by atoms with E-state index in [1.165, 1.54) is 48.7 Å². The molecular weight excluding hydrogens is 333 g/mol. The Kier molecular flexibility index (Phi) is 4.51. The van der Waals surface area contributed by atoms with Crippen LogP contribution in [0.15, 0.2) is 55.1 Å². The molecule has 3 aromatic rings. The number of halogens is 2. The molecular formula is C17H15ClFN3O2. The molecule has 5 nitrogen and oxygen atoms in total. The Balaban J connectivity index is 2.12. The number of ether oxygens (including phenoxy) is 1. The zero-order valence-electron chi connectivity index (χ0n) is 12.9. The minimum absolute atomic E-state index is 0.0741. The summed E-state index contributed by atoms with van der Waals surface area (Å²) in [5, 5.41) is 15.8. The highest BCUT2D eigenvalue weighted by Crippen LogP contribution is 2.37. The van der Waals surface area contributed by atoms with Crippen LogP contribution in [0.25, 0.3) is 0 Å². The van der Waals surface area contributed by atoms with Gasteiger partial charge in [0.25, 0.3) is 0 Å². The first kappa shape index (κ1) is 16.4. The van der Waals surface area contributed by atoms with Crippen LogP contribution in [-0.4, -0.2) is 27.0 Å². The van der Waals surface area contributed by atoms with Gasteiger partial charge in [0, 0.05) is 5.56 Å². The first-order valence-electron chi connectivity index (χ1n) is 7.18. The van der Waals surface area contributed by atoms with E-state index >= 15 is 0 Å². The summed E-state index contributed by atoms with van der Waals surface area (Å²) < 4.78 is 19.9. The van der Waals surface area contributed by atoms with Gasteiger partial charge in [-0.25, -0.2) is 14.1 Å². The number of methoxy groups -OCH3 is 1. The molecule has 0 bridgehead atoms. The van der Waals surface area contributed by atoms with E-state index in [1.54, 1.807) is 18.2 Å². The van der Waals surface area contributed by atoms with Crippen molar-refractivity contribution in [3.63, 3.8) is 0 Å². The fourth-order valence-corrected chi connectivity index (χ4v) is 2.89. The van der Waals surface area contributed by atoms with Gasteiger partial charge in [-0.05, 0) is 29.8 Å². The number of benzene rings is 2. The van der Waals surface area contributed by atoms with Crippen LogP contribution in [0, 0.1) is 5.82 Å². The van der Waals surface area contributed by atoms with Crippen molar-refractivity contribution in [3.8, 4) is 5.75 Å². The molecule has 1 atom stereocenters. The standard InChI is InChI=1S/C17H15ClFN3O2/c1-24-14-6-7-15(16(18)8-14)17(23,9-22-11-20-10-21-22)12-2-4-13(19)5-3-12/h2-8,10-11,23H,9H2,1H3. The zero-order chi connectivity index (χ0) is 17.2. The van der Waals surface area contributed by atoms with Gasteiger partial charge in [0.1, 0.15) is 29.8 Å². The predicted octanol–water partition coefficient (Wildman–Crippen LogP) is 3.02. The molecule has 0 saturated carbocycles. The second-order valence-corrected chi connectivity index (χ2v) is 5.71. The average molecular weight is 348 g/mol. The third kappa shape index (κ3) is 3.11. The van der Waals surface area contributed by atoms with E-state index in [0.29, 0.717) is 21.9 Å². The highest BCUT2D eigenvalue weighted by molar-refractivity contribution is 6.31. The summed E-state index contributed by atoms with van der Waals surface area (Å²) in [6.07, 6.45) is 2.87. The molecule has 124 valence electrons. The van der Waals surface area contributed by atoms with Crippen molar-refractivity contribution in [1.29, 1.82) is 0 Å². The summed E-state index contributed by atoms with van der Waals surface area (Å²) in [5.41, 5.74) is -0.552. The normalized spacial score (nSPS) is 13.5. The first-order chi connectivity index (χ1) is 11.5. The molecule has 1 N–H and O–H groups in total. The molecule has 2 aromatic carbocycles. The van der Waals surface area contributed by atoms with Gasteiger partial charge in [-0.2, -0.15) is 5.10 Å². The monoisotopic (exact) mass is 347 g/mol. The molecule has 1 aromatic heterocycles. The van der Waals surface area contributed by atoms with Crippen LogP contribution < -0.4 is 4.74 Å². The molecule has 24 heavy (non-hydrogen) atoms. The second-order valence-electron chi connectivity index (χ2n) is 5.31. The van der Waals surface area contributed by atoms with E-state index in [1.807, 2.05) is 0 Å². The highest BCUT2D eigenvalue weighted by Gasteiger charge is 2.34. The van der Waals surface area contributed by atoms with Crippen molar-refractivity contribution in [2.24, 2.45) is 0 Å².